The topological polar surface area (TPSA) is 22.1 Å². The lowest BCUT2D eigenvalue weighted by molar-refractivity contribution is 0.425. The molecule has 0 saturated carbocycles. The third-order valence-electron chi connectivity index (χ3n) is 15.8. The highest BCUT2D eigenvalue weighted by Crippen LogP contribution is 2.54. The van der Waals surface area contributed by atoms with E-state index in [-0.39, 0.29) is 0 Å². The van der Waals surface area contributed by atoms with Crippen molar-refractivity contribution >= 4 is 117 Å². The molecule has 0 amide bonds. The molecule has 6 heteroatoms. The molecule has 82 heavy (non-hydrogen) atoms. The van der Waals surface area contributed by atoms with Gasteiger partial charge in [-0.05, 0) is 91.3 Å². The first-order valence-electron chi connectivity index (χ1n) is 28.0. The Morgan fingerprint density at radius 1 is 0.280 bits per heavy atom. The number of nitrogens with zero attached hydrogens (tertiary/aromatic N) is 1. The van der Waals surface area contributed by atoms with Crippen LogP contribution in [0.3, 0.4) is 0 Å². The normalized spacial score (nSPS) is 12.7. The Labute approximate surface area is 486 Å². The average molecular weight is 1120 g/mol. The van der Waals surface area contributed by atoms with Crippen LogP contribution in [-0.4, -0.2) is 4.98 Å². The molecule has 2 nitrogen and oxygen atoms in total. The van der Waals surface area contributed by atoms with E-state index in [1.807, 2.05) is 0 Å². The molecule has 0 N–H and O–H groups in total. The average Bonchev–Trinajstić information content (AvgIpc) is 3.70. The Morgan fingerprint density at radius 2 is 0.622 bits per heavy atom. The second-order valence-corrected chi connectivity index (χ2v) is 29.8. The molecule has 14 rings (SSSR count). The Morgan fingerprint density at radius 3 is 1.07 bits per heavy atom. The molecule has 0 atom stereocenters. The van der Waals surface area contributed by atoms with Gasteiger partial charge in [-0.3, -0.25) is 0 Å². The highest BCUT2D eigenvalue weighted by atomic mass is 31.1. The summed E-state index contributed by atoms with van der Waals surface area (Å²) in [5.74, 6) is 1.90. The van der Waals surface area contributed by atoms with E-state index in [9.17, 15) is 0 Å². The van der Waals surface area contributed by atoms with E-state index in [0.717, 1.165) is 44.4 Å². The van der Waals surface area contributed by atoms with Crippen molar-refractivity contribution in [2.75, 3.05) is 0 Å². The number of hydrogen-bond acceptors (Lipinski definition) is 2. The van der Waals surface area contributed by atoms with E-state index in [2.05, 4.69) is 323 Å². The summed E-state index contributed by atoms with van der Waals surface area (Å²) in [4.78, 5) is 6.14. The molecule has 13 aromatic rings. The molecule has 1 aromatic heterocycles. The fourth-order valence-electron chi connectivity index (χ4n) is 12.0. The minimum absolute atomic E-state index is 0.436. The first-order valence-corrected chi connectivity index (χ1v) is 33.3. The summed E-state index contributed by atoms with van der Waals surface area (Å²) in [6.07, 6.45) is 0. The second kappa shape index (κ2) is 22.6. The number of hydrogen-bond donors (Lipinski definition) is 0. The van der Waals surface area contributed by atoms with Crippen LogP contribution in [0.2, 0.25) is 0 Å². The zero-order chi connectivity index (χ0) is 55.0. The zero-order valence-electron chi connectivity index (χ0n) is 45.6. The van der Waals surface area contributed by atoms with Crippen molar-refractivity contribution < 1.29 is 4.74 Å². The highest BCUT2D eigenvalue weighted by Gasteiger charge is 2.41. The van der Waals surface area contributed by atoms with Gasteiger partial charge in [0.05, 0.1) is 11.0 Å². The lowest BCUT2D eigenvalue weighted by Crippen LogP contribution is -2.34. The summed E-state index contributed by atoms with van der Waals surface area (Å²) in [6, 6.07) is 115. The molecule has 0 saturated heterocycles. The molecule has 0 unspecified atom stereocenters. The van der Waals surface area contributed by atoms with Gasteiger partial charge in [-0.25, -0.2) is 4.98 Å². The van der Waals surface area contributed by atoms with Crippen LogP contribution in [0.25, 0.3) is 32.9 Å². The smallest absolute Gasteiger partial charge is 0.140 e. The molecule has 0 bridgehead atoms. The molecular formula is C76H57NOP4. The van der Waals surface area contributed by atoms with Crippen molar-refractivity contribution in [1.29, 1.82) is 0 Å². The van der Waals surface area contributed by atoms with Crippen LogP contribution >= 0.6 is 31.7 Å². The van der Waals surface area contributed by atoms with Crippen LogP contribution < -0.4 is 68.4 Å². The van der Waals surface area contributed by atoms with Crippen LogP contribution in [0.15, 0.2) is 309 Å². The van der Waals surface area contributed by atoms with Crippen LogP contribution in [0.5, 0.6) is 11.5 Å². The van der Waals surface area contributed by atoms with Crippen LogP contribution in [-0.2, 0) is 5.41 Å². The Hall–Kier alpha value is -8.17. The zero-order valence-corrected chi connectivity index (χ0v) is 49.2. The first kappa shape index (κ1) is 51.9. The Balaban J connectivity index is 1.11. The summed E-state index contributed by atoms with van der Waals surface area (Å²) >= 11 is 0. The molecule has 12 aromatic carbocycles. The largest absolute Gasteiger partial charge is 0.455 e. The summed E-state index contributed by atoms with van der Waals surface area (Å²) in [7, 11) is -4.47. The van der Waals surface area contributed by atoms with Crippen LogP contribution in [0, 0.1) is 0 Å². The molecule has 0 radical (unpaired) electrons. The van der Waals surface area contributed by atoms with Gasteiger partial charge in [0.1, 0.15) is 11.5 Å². The fourth-order valence-corrected chi connectivity index (χ4v) is 21.9. The Bertz CT molecular complexity index is 4220. The van der Waals surface area contributed by atoms with Crippen molar-refractivity contribution in [3.63, 3.8) is 0 Å². The number of ether oxygens (including phenoxy) is 1. The first-order chi connectivity index (χ1) is 40.5. The van der Waals surface area contributed by atoms with E-state index in [4.69, 9.17) is 9.72 Å². The monoisotopic (exact) mass is 1120 g/mol. The summed E-state index contributed by atoms with van der Waals surface area (Å²) in [6.45, 7) is 4.80. The summed E-state index contributed by atoms with van der Waals surface area (Å²) in [5.41, 5.74) is 6.31. The van der Waals surface area contributed by atoms with Crippen LogP contribution in [0.1, 0.15) is 25.0 Å². The second-order valence-electron chi connectivity index (χ2n) is 21.1. The van der Waals surface area contributed by atoms with Crippen LogP contribution in [0.4, 0.5) is 0 Å². The number of fused-ring (bicyclic) bond motifs is 4. The van der Waals surface area contributed by atoms with Gasteiger partial charge < -0.3 is 4.74 Å². The maximum Gasteiger partial charge on any atom is 0.140 e. The predicted octanol–water partition coefficient (Wildman–Crippen LogP) is 14.5. The molecule has 1 aliphatic rings. The van der Waals surface area contributed by atoms with E-state index in [0.29, 0.717) is 0 Å². The lowest BCUT2D eigenvalue weighted by atomic mass is 9.75. The molecule has 0 aliphatic carbocycles. The number of rotatable bonds is 13. The molecule has 392 valence electrons. The van der Waals surface area contributed by atoms with E-state index in [1.165, 1.54) is 74.8 Å². The maximum absolute atomic E-state index is 8.05. The van der Waals surface area contributed by atoms with Crippen molar-refractivity contribution in [3.05, 3.63) is 321 Å². The number of aromatic nitrogens is 1. The molecule has 1 aliphatic heterocycles. The van der Waals surface area contributed by atoms with Gasteiger partial charge in [0.25, 0.3) is 0 Å². The number of para-hydroxylation sites is 2. The van der Waals surface area contributed by atoms with Gasteiger partial charge >= 0.3 is 0 Å². The van der Waals surface area contributed by atoms with Gasteiger partial charge in [0.2, 0.25) is 0 Å². The van der Waals surface area contributed by atoms with E-state index in [1.54, 1.807) is 0 Å². The fraction of sp³-hybridized carbons (Fsp3) is 0.0395. The SMILES string of the molecule is CC1(C)c2cccc(P(c3ccccc3)c3ccccc3)c2Oc2c1ccc(-c1ccc3cc4cccc(P(c5ccccc5)c5ccccc5)c4nc3c1P(c1ccccc1)c1ccccc1)c2P(c1ccccc1)c1ccccc1. The van der Waals surface area contributed by atoms with Gasteiger partial charge in [0.15, 0.2) is 0 Å². The molecule has 0 fully saturated rings. The van der Waals surface area contributed by atoms with Crippen molar-refractivity contribution in [3.8, 4) is 22.6 Å². The van der Waals surface area contributed by atoms with E-state index >= 15 is 0 Å². The minimum atomic E-state index is -1.26. The van der Waals surface area contributed by atoms with Gasteiger partial charge in [-0.15, -0.1) is 0 Å². The third kappa shape index (κ3) is 9.59. The lowest BCUT2D eigenvalue weighted by Gasteiger charge is -2.39. The number of benzene rings is 12. The van der Waals surface area contributed by atoms with Crippen molar-refractivity contribution in [2.24, 2.45) is 0 Å². The van der Waals surface area contributed by atoms with Gasteiger partial charge in [0, 0.05) is 48.5 Å². The van der Waals surface area contributed by atoms with E-state index < -0.39 is 37.1 Å². The Kier molecular flexibility index (Phi) is 14.3. The summed E-state index contributed by atoms with van der Waals surface area (Å²) < 4.78 is 8.05. The third-order valence-corrected chi connectivity index (χ3v) is 25.8. The molecular weight excluding hydrogens is 1070 g/mol. The maximum atomic E-state index is 8.05. The molecule has 2 heterocycles. The highest BCUT2D eigenvalue weighted by molar-refractivity contribution is 7.81. The standard InChI is InChI=1S/C76H57NOP4/c1-76(2)66-46-28-48-69(80(58-34-15-5-16-35-58)59-36-17-6-18-37-59)72(66)78-73-67(76)52-51-65(75(73)82(62-42-23-9-24-43-62)63-44-25-10-26-45-63)64-50-49-55-53-54-29-27-47-68(79(56-30-11-3-12-31-56)57-32-13-4-14-33-57)70(54)77-71(55)74(64)81(60-38-19-7-20-39-60)61-40-21-8-22-41-61/h3-53H,1-2H3. The minimum Gasteiger partial charge on any atom is -0.455 e. The van der Waals surface area contributed by atoms with Crippen molar-refractivity contribution in [2.45, 2.75) is 19.3 Å². The van der Waals surface area contributed by atoms with Crippen molar-refractivity contribution in [1.82, 2.24) is 4.98 Å². The quantitative estimate of drug-likeness (QED) is 0.0848. The molecule has 0 spiro atoms. The predicted molar refractivity (Wildman–Crippen MR) is 358 cm³/mol. The summed E-state index contributed by atoms with van der Waals surface area (Å²) in [5, 5.41) is 17.4. The van der Waals surface area contributed by atoms with Gasteiger partial charge in [-0.2, -0.15) is 0 Å². The van der Waals surface area contributed by atoms with Gasteiger partial charge in [-0.1, -0.05) is 317 Å². The number of pyridine rings is 1.